The second-order valence-electron chi connectivity index (χ2n) is 7.05. The van der Waals surface area contributed by atoms with Crippen molar-refractivity contribution in [1.29, 1.82) is 0 Å². The summed E-state index contributed by atoms with van der Waals surface area (Å²) in [4.78, 5) is -0.0617. The molecule has 0 aromatic heterocycles. The summed E-state index contributed by atoms with van der Waals surface area (Å²) in [5, 5.41) is 0. The molecule has 0 heterocycles. The van der Waals surface area contributed by atoms with Crippen LogP contribution in [0.5, 0.6) is 23.0 Å². The third kappa shape index (κ3) is 5.34. The minimum Gasteiger partial charge on any atom is -0.493 e. The highest BCUT2D eigenvalue weighted by Gasteiger charge is 2.20. The number of nitrogen functional groups attached to an aromatic ring is 1. The van der Waals surface area contributed by atoms with E-state index < -0.39 is 15.8 Å². The van der Waals surface area contributed by atoms with Gasteiger partial charge in [0, 0.05) is 5.69 Å². The lowest BCUT2D eigenvalue weighted by atomic mass is 10.1. The first-order valence-electron chi connectivity index (χ1n) is 9.96. The molecule has 0 aliphatic carbocycles. The summed E-state index contributed by atoms with van der Waals surface area (Å²) < 4.78 is 63.9. The Labute approximate surface area is 197 Å². The summed E-state index contributed by atoms with van der Waals surface area (Å²) in [5.74, 6) is 0.379. The topological polar surface area (TPSA) is 109 Å². The predicted molar refractivity (Wildman–Crippen MR) is 130 cm³/mol. The summed E-state index contributed by atoms with van der Waals surface area (Å²) in [6, 6.07) is 11.9. The van der Waals surface area contributed by atoms with E-state index in [0.29, 0.717) is 28.4 Å². The zero-order valence-corrected chi connectivity index (χ0v) is 19.9. The number of nitrogens with one attached hydrogen (secondary N) is 1. The van der Waals surface area contributed by atoms with Gasteiger partial charge in [0.25, 0.3) is 10.0 Å². The van der Waals surface area contributed by atoms with Gasteiger partial charge in [-0.05, 0) is 53.6 Å². The Morgan fingerprint density at radius 3 is 1.94 bits per heavy atom. The average Bonchev–Trinajstić information content (AvgIpc) is 2.81. The molecule has 0 atom stereocenters. The standard InChI is InChI=1S/C24H25FN2O6S/c1-30-21-12-16(13-22(31-2)24(21)33-4)9-8-15-10-19(25)23(32-3)20(11-15)27-34(28,29)18-7-5-6-17(26)14-18/h5-14,27H,26H2,1-4H3. The third-order valence-corrected chi connectivity index (χ3v) is 6.20. The third-order valence-electron chi connectivity index (χ3n) is 4.84. The highest BCUT2D eigenvalue weighted by Crippen LogP contribution is 2.39. The van der Waals surface area contributed by atoms with E-state index >= 15 is 0 Å². The second kappa shape index (κ2) is 10.3. The second-order valence-corrected chi connectivity index (χ2v) is 8.74. The van der Waals surface area contributed by atoms with Gasteiger partial charge in [-0.1, -0.05) is 18.2 Å². The number of nitrogens with two attached hydrogens (primary N) is 1. The van der Waals surface area contributed by atoms with Crippen LogP contribution in [0.4, 0.5) is 15.8 Å². The van der Waals surface area contributed by atoms with Crippen LogP contribution in [0.15, 0.2) is 53.4 Å². The number of hydrogen-bond acceptors (Lipinski definition) is 7. The van der Waals surface area contributed by atoms with Crippen molar-refractivity contribution in [2.75, 3.05) is 38.9 Å². The van der Waals surface area contributed by atoms with Gasteiger partial charge in [-0.15, -0.1) is 0 Å². The highest BCUT2D eigenvalue weighted by atomic mass is 32.2. The van der Waals surface area contributed by atoms with Crippen LogP contribution in [0.25, 0.3) is 12.2 Å². The number of rotatable bonds is 9. The van der Waals surface area contributed by atoms with Gasteiger partial charge in [0.1, 0.15) is 0 Å². The molecule has 0 amide bonds. The average molecular weight is 489 g/mol. The molecule has 10 heteroatoms. The van der Waals surface area contributed by atoms with Crippen LogP contribution in [0.2, 0.25) is 0 Å². The largest absolute Gasteiger partial charge is 0.493 e. The summed E-state index contributed by atoms with van der Waals surface area (Å²) in [7, 11) is 1.72. The minimum absolute atomic E-state index is 0.0607. The summed E-state index contributed by atoms with van der Waals surface area (Å²) in [6.45, 7) is 0. The van der Waals surface area contributed by atoms with Crippen molar-refractivity contribution in [3.8, 4) is 23.0 Å². The Bertz CT molecular complexity index is 1300. The van der Waals surface area contributed by atoms with E-state index in [1.54, 1.807) is 30.4 Å². The Morgan fingerprint density at radius 2 is 1.41 bits per heavy atom. The molecule has 0 spiro atoms. The summed E-state index contributed by atoms with van der Waals surface area (Å²) >= 11 is 0. The Balaban J connectivity index is 1.99. The zero-order chi connectivity index (χ0) is 24.9. The zero-order valence-electron chi connectivity index (χ0n) is 19.1. The normalized spacial score (nSPS) is 11.3. The fraction of sp³-hybridized carbons (Fsp3) is 0.167. The monoisotopic (exact) mass is 488 g/mol. The number of methoxy groups -OCH3 is 4. The van der Waals surface area contributed by atoms with Crippen LogP contribution in [0, 0.1) is 5.82 Å². The van der Waals surface area contributed by atoms with Crippen LogP contribution >= 0.6 is 0 Å². The lowest BCUT2D eigenvalue weighted by Gasteiger charge is -2.14. The van der Waals surface area contributed by atoms with E-state index in [-0.39, 0.29) is 22.0 Å². The Morgan fingerprint density at radius 1 is 0.824 bits per heavy atom. The maximum Gasteiger partial charge on any atom is 0.262 e. The van der Waals surface area contributed by atoms with Gasteiger partial charge < -0.3 is 24.7 Å². The molecule has 3 aromatic rings. The molecule has 180 valence electrons. The predicted octanol–water partition coefficient (Wildman–Crippen LogP) is 4.41. The molecule has 0 saturated heterocycles. The first-order chi connectivity index (χ1) is 16.2. The van der Waals surface area contributed by atoms with Crippen LogP contribution < -0.4 is 29.4 Å². The molecule has 34 heavy (non-hydrogen) atoms. The van der Waals surface area contributed by atoms with Gasteiger partial charge in [0.05, 0.1) is 39.0 Å². The molecule has 0 aliphatic heterocycles. The van der Waals surface area contributed by atoms with Crippen molar-refractivity contribution < 1.29 is 31.8 Å². The molecule has 0 unspecified atom stereocenters. The van der Waals surface area contributed by atoms with Crippen LogP contribution in [-0.4, -0.2) is 36.9 Å². The first kappa shape index (κ1) is 24.7. The van der Waals surface area contributed by atoms with Crippen LogP contribution in [0.3, 0.4) is 0 Å². The molecule has 0 radical (unpaired) electrons. The lowest BCUT2D eigenvalue weighted by molar-refractivity contribution is 0.324. The maximum absolute atomic E-state index is 14.7. The molecule has 0 saturated carbocycles. The van der Waals surface area contributed by atoms with Crippen molar-refractivity contribution in [2.24, 2.45) is 0 Å². The number of ether oxygens (including phenoxy) is 4. The summed E-state index contributed by atoms with van der Waals surface area (Å²) in [5.41, 5.74) is 6.99. The molecule has 0 aliphatic rings. The first-order valence-corrected chi connectivity index (χ1v) is 11.4. The van der Waals surface area contributed by atoms with E-state index in [4.69, 9.17) is 24.7 Å². The number of anilines is 2. The van der Waals surface area contributed by atoms with E-state index in [0.717, 1.165) is 0 Å². The van der Waals surface area contributed by atoms with Crippen LogP contribution in [-0.2, 0) is 10.0 Å². The molecular formula is C24H25FN2O6S. The van der Waals surface area contributed by atoms with E-state index in [2.05, 4.69) is 4.72 Å². The number of hydrogen-bond donors (Lipinski definition) is 2. The molecule has 3 aromatic carbocycles. The van der Waals surface area contributed by atoms with Gasteiger partial charge in [-0.3, -0.25) is 4.72 Å². The minimum atomic E-state index is -4.04. The fourth-order valence-corrected chi connectivity index (χ4v) is 4.38. The number of sulfonamides is 1. The molecule has 0 bridgehead atoms. The fourth-order valence-electron chi connectivity index (χ4n) is 3.27. The van der Waals surface area contributed by atoms with Crippen molar-refractivity contribution >= 4 is 33.6 Å². The van der Waals surface area contributed by atoms with Gasteiger partial charge in [-0.2, -0.15) is 0 Å². The number of halogens is 1. The van der Waals surface area contributed by atoms with Crippen LogP contribution in [0.1, 0.15) is 11.1 Å². The van der Waals surface area contributed by atoms with Crippen molar-refractivity contribution in [2.45, 2.75) is 4.90 Å². The SMILES string of the molecule is COc1cc(C=Cc2cc(F)c(OC)c(NS(=O)(=O)c3cccc(N)c3)c2)cc(OC)c1OC. The van der Waals surface area contributed by atoms with Gasteiger partial charge in [0.2, 0.25) is 5.75 Å². The summed E-state index contributed by atoms with van der Waals surface area (Å²) in [6.07, 6.45) is 3.31. The molecule has 8 nitrogen and oxygen atoms in total. The maximum atomic E-state index is 14.7. The quantitative estimate of drug-likeness (QED) is 0.339. The lowest BCUT2D eigenvalue weighted by Crippen LogP contribution is -2.14. The Kier molecular flexibility index (Phi) is 7.52. The smallest absolute Gasteiger partial charge is 0.262 e. The van der Waals surface area contributed by atoms with Crippen molar-refractivity contribution in [3.05, 3.63) is 65.5 Å². The van der Waals surface area contributed by atoms with E-state index in [9.17, 15) is 12.8 Å². The van der Waals surface area contributed by atoms with Gasteiger partial charge in [0.15, 0.2) is 23.1 Å². The highest BCUT2D eigenvalue weighted by molar-refractivity contribution is 7.92. The molecule has 0 fully saturated rings. The van der Waals surface area contributed by atoms with Crippen molar-refractivity contribution in [3.63, 3.8) is 0 Å². The van der Waals surface area contributed by atoms with Gasteiger partial charge in [-0.25, -0.2) is 12.8 Å². The molecule has 3 N–H and O–H groups in total. The van der Waals surface area contributed by atoms with Gasteiger partial charge >= 0.3 is 0 Å². The Hall–Kier alpha value is -3.92. The van der Waals surface area contributed by atoms with Crippen molar-refractivity contribution in [1.82, 2.24) is 0 Å². The van der Waals surface area contributed by atoms with E-state index in [1.807, 2.05) is 0 Å². The number of benzene rings is 3. The molecule has 3 rings (SSSR count). The van der Waals surface area contributed by atoms with E-state index in [1.165, 1.54) is 58.8 Å². The molecular weight excluding hydrogens is 463 g/mol.